The fraction of sp³-hybridized carbons (Fsp3) is 0.550. The van der Waals surface area contributed by atoms with Gasteiger partial charge < -0.3 is 19.9 Å². The molecule has 4 rings (SSSR count). The summed E-state index contributed by atoms with van der Waals surface area (Å²) in [5, 5.41) is 2.56. The third-order valence-corrected chi connectivity index (χ3v) is 5.95. The van der Waals surface area contributed by atoms with Gasteiger partial charge in [0.05, 0.1) is 12.6 Å². The van der Waals surface area contributed by atoms with E-state index in [1.807, 2.05) is 24.3 Å². The molecule has 8 nitrogen and oxygen atoms in total. The molecule has 0 unspecified atom stereocenters. The summed E-state index contributed by atoms with van der Waals surface area (Å²) in [6, 6.07) is 7.30. The van der Waals surface area contributed by atoms with Crippen LogP contribution in [0.1, 0.15) is 29.6 Å². The number of benzene rings is 1. The predicted octanol–water partition coefficient (Wildman–Crippen LogP) is 1.07. The number of ether oxygens (including phenoxy) is 1. The normalized spacial score (nSPS) is 23.5. The SMILES string of the molecule is CO[C@H]1CCN(c2ccc(C(=O)N3CCC(N4C(=O)CNC4=O)CC3)cc2)C1. The van der Waals surface area contributed by atoms with Crippen LogP contribution >= 0.6 is 0 Å². The van der Waals surface area contributed by atoms with Crippen LogP contribution in [-0.2, 0) is 9.53 Å². The van der Waals surface area contributed by atoms with E-state index < -0.39 is 0 Å². The molecule has 1 aromatic carbocycles. The summed E-state index contributed by atoms with van der Waals surface area (Å²) in [6.45, 7) is 3.00. The van der Waals surface area contributed by atoms with E-state index >= 15 is 0 Å². The number of nitrogens with zero attached hydrogens (tertiary/aromatic N) is 3. The number of rotatable bonds is 4. The van der Waals surface area contributed by atoms with Gasteiger partial charge in [-0.2, -0.15) is 0 Å². The minimum atomic E-state index is -0.317. The van der Waals surface area contributed by atoms with Gasteiger partial charge in [0.1, 0.15) is 0 Å². The highest BCUT2D eigenvalue weighted by molar-refractivity contribution is 6.02. The first-order valence-corrected chi connectivity index (χ1v) is 9.84. The Balaban J connectivity index is 1.34. The molecule has 1 aromatic rings. The number of imide groups is 1. The number of likely N-dealkylation sites (tertiary alicyclic amines) is 1. The van der Waals surface area contributed by atoms with Gasteiger partial charge in [-0.05, 0) is 43.5 Å². The lowest BCUT2D eigenvalue weighted by Crippen LogP contribution is -2.49. The minimum absolute atomic E-state index is 0.00149. The van der Waals surface area contributed by atoms with Gasteiger partial charge >= 0.3 is 6.03 Å². The van der Waals surface area contributed by atoms with Crippen molar-refractivity contribution in [2.45, 2.75) is 31.4 Å². The van der Waals surface area contributed by atoms with Crippen LogP contribution in [0, 0.1) is 0 Å². The number of piperidine rings is 1. The summed E-state index contributed by atoms with van der Waals surface area (Å²) >= 11 is 0. The Kier molecular flexibility index (Phi) is 5.21. The molecule has 8 heteroatoms. The first-order valence-electron chi connectivity index (χ1n) is 9.84. The third-order valence-electron chi connectivity index (χ3n) is 5.95. The second kappa shape index (κ2) is 7.79. The zero-order valence-corrected chi connectivity index (χ0v) is 16.1. The molecule has 0 spiro atoms. The molecule has 3 aliphatic rings. The maximum absolute atomic E-state index is 12.8. The molecule has 150 valence electrons. The van der Waals surface area contributed by atoms with Crippen molar-refractivity contribution >= 4 is 23.5 Å². The fourth-order valence-electron chi connectivity index (χ4n) is 4.28. The van der Waals surface area contributed by atoms with Crippen LogP contribution in [0.15, 0.2) is 24.3 Å². The first-order chi connectivity index (χ1) is 13.6. The smallest absolute Gasteiger partial charge is 0.324 e. The van der Waals surface area contributed by atoms with E-state index in [0.717, 1.165) is 25.2 Å². The van der Waals surface area contributed by atoms with Crippen molar-refractivity contribution in [3.05, 3.63) is 29.8 Å². The van der Waals surface area contributed by atoms with Crippen molar-refractivity contribution in [1.82, 2.24) is 15.1 Å². The molecule has 0 bridgehead atoms. The van der Waals surface area contributed by atoms with Crippen molar-refractivity contribution < 1.29 is 19.1 Å². The minimum Gasteiger partial charge on any atom is -0.380 e. The molecular weight excluding hydrogens is 360 g/mol. The lowest BCUT2D eigenvalue weighted by atomic mass is 10.0. The van der Waals surface area contributed by atoms with Crippen LogP contribution in [0.5, 0.6) is 0 Å². The highest BCUT2D eigenvalue weighted by Gasteiger charge is 2.37. The van der Waals surface area contributed by atoms with Gasteiger partial charge in [-0.25, -0.2) is 4.79 Å². The van der Waals surface area contributed by atoms with E-state index in [1.165, 1.54) is 4.90 Å². The van der Waals surface area contributed by atoms with E-state index in [2.05, 4.69) is 10.2 Å². The molecule has 1 N–H and O–H groups in total. The molecule has 3 aliphatic heterocycles. The van der Waals surface area contributed by atoms with Crippen molar-refractivity contribution in [2.75, 3.05) is 44.7 Å². The highest BCUT2D eigenvalue weighted by Crippen LogP contribution is 2.24. The van der Waals surface area contributed by atoms with E-state index in [-0.39, 0.29) is 36.5 Å². The Bertz CT molecular complexity index is 742. The standard InChI is InChI=1S/C20H26N4O4/c1-28-17-8-11-23(13-17)15-4-2-14(3-5-15)19(26)22-9-6-16(7-10-22)24-18(25)12-21-20(24)27/h2-5,16-17H,6-13H2,1H3,(H,21,27)/t17-/m0/s1. The lowest BCUT2D eigenvalue weighted by Gasteiger charge is -2.35. The molecule has 1 atom stereocenters. The molecule has 4 amide bonds. The fourth-order valence-corrected chi connectivity index (χ4v) is 4.28. The van der Waals surface area contributed by atoms with Gasteiger partial charge in [-0.1, -0.05) is 0 Å². The van der Waals surface area contributed by atoms with Crippen LogP contribution in [0.4, 0.5) is 10.5 Å². The molecule has 3 heterocycles. The number of anilines is 1. The second-order valence-electron chi connectivity index (χ2n) is 7.59. The Morgan fingerprint density at radius 2 is 1.79 bits per heavy atom. The van der Waals surface area contributed by atoms with Crippen molar-refractivity contribution in [2.24, 2.45) is 0 Å². The van der Waals surface area contributed by atoms with E-state index in [4.69, 9.17) is 4.74 Å². The molecule has 3 saturated heterocycles. The monoisotopic (exact) mass is 386 g/mol. The zero-order valence-electron chi connectivity index (χ0n) is 16.1. The predicted molar refractivity (Wildman–Crippen MR) is 103 cm³/mol. The number of hydrogen-bond donors (Lipinski definition) is 1. The maximum Gasteiger partial charge on any atom is 0.324 e. The van der Waals surface area contributed by atoms with Gasteiger partial charge in [0.2, 0.25) is 5.91 Å². The van der Waals surface area contributed by atoms with Crippen LogP contribution in [0.2, 0.25) is 0 Å². The summed E-state index contributed by atoms with van der Waals surface area (Å²) in [5.41, 5.74) is 1.77. The van der Waals surface area contributed by atoms with E-state index in [0.29, 0.717) is 31.5 Å². The largest absolute Gasteiger partial charge is 0.380 e. The van der Waals surface area contributed by atoms with Crippen LogP contribution in [0.3, 0.4) is 0 Å². The average Bonchev–Trinajstić information content (AvgIpc) is 3.34. The Morgan fingerprint density at radius 3 is 2.36 bits per heavy atom. The van der Waals surface area contributed by atoms with Gasteiger partial charge in [-0.15, -0.1) is 0 Å². The second-order valence-corrected chi connectivity index (χ2v) is 7.59. The van der Waals surface area contributed by atoms with Crippen LogP contribution in [-0.4, -0.2) is 79.6 Å². The van der Waals surface area contributed by atoms with Crippen molar-refractivity contribution in [3.8, 4) is 0 Å². The molecular formula is C20H26N4O4. The number of methoxy groups -OCH3 is 1. The van der Waals surface area contributed by atoms with Gasteiger partial charge in [0, 0.05) is 50.6 Å². The number of amides is 4. The van der Waals surface area contributed by atoms with Crippen LogP contribution in [0.25, 0.3) is 0 Å². The Hall–Kier alpha value is -2.61. The van der Waals surface area contributed by atoms with Crippen molar-refractivity contribution in [3.63, 3.8) is 0 Å². The van der Waals surface area contributed by atoms with Gasteiger partial charge in [0.15, 0.2) is 0 Å². The molecule has 0 radical (unpaired) electrons. The third kappa shape index (κ3) is 3.56. The van der Waals surface area contributed by atoms with Crippen LogP contribution < -0.4 is 10.2 Å². The summed E-state index contributed by atoms with van der Waals surface area (Å²) < 4.78 is 5.41. The lowest BCUT2D eigenvalue weighted by molar-refractivity contribution is -0.127. The Labute approximate surface area is 164 Å². The molecule has 28 heavy (non-hydrogen) atoms. The molecule has 3 fully saturated rings. The average molecular weight is 386 g/mol. The van der Waals surface area contributed by atoms with E-state index in [9.17, 15) is 14.4 Å². The molecule has 0 aliphatic carbocycles. The first kappa shape index (κ1) is 18.7. The van der Waals surface area contributed by atoms with Crippen molar-refractivity contribution in [1.29, 1.82) is 0 Å². The summed E-state index contributed by atoms with van der Waals surface area (Å²) in [5.74, 6) is -0.179. The van der Waals surface area contributed by atoms with E-state index in [1.54, 1.807) is 12.0 Å². The number of carbonyl (C=O) groups excluding carboxylic acids is 3. The number of hydrogen-bond acceptors (Lipinski definition) is 5. The molecule has 0 aromatic heterocycles. The van der Waals surface area contributed by atoms with Gasteiger partial charge in [-0.3, -0.25) is 14.5 Å². The highest BCUT2D eigenvalue weighted by atomic mass is 16.5. The quantitative estimate of drug-likeness (QED) is 0.783. The number of carbonyl (C=O) groups is 3. The Morgan fingerprint density at radius 1 is 1.07 bits per heavy atom. The summed E-state index contributed by atoms with van der Waals surface area (Å²) in [4.78, 5) is 41.9. The topological polar surface area (TPSA) is 82.2 Å². The van der Waals surface area contributed by atoms with Gasteiger partial charge in [0.25, 0.3) is 5.91 Å². The maximum atomic E-state index is 12.8. The zero-order chi connectivity index (χ0) is 19.7. The number of urea groups is 1. The summed E-state index contributed by atoms with van der Waals surface area (Å²) in [7, 11) is 1.74. The molecule has 0 saturated carbocycles. The summed E-state index contributed by atoms with van der Waals surface area (Å²) in [6.07, 6.45) is 2.53. The number of nitrogens with one attached hydrogen (secondary N) is 1.